The van der Waals surface area contributed by atoms with Crippen molar-refractivity contribution >= 4 is 37.4 Å². The number of rotatable bonds is 3. The van der Waals surface area contributed by atoms with Crippen molar-refractivity contribution in [2.45, 2.75) is 17.6 Å². The van der Waals surface area contributed by atoms with Gasteiger partial charge in [-0.2, -0.15) is 0 Å². The van der Waals surface area contributed by atoms with Gasteiger partial charge in [-0.25, -0.2) is 17.8 Å². The van der Waals surface area contributed by atoms with Crippen LogP contribution in [0.5, 0.6) is 0 Å². The molecular weight excluding hydrogens is 369 g/mol. The molecule has 3 nitrogen and oxygen atoms in total. The summed E-state index contributed by atoms with van der Waals surface area (Å²) in [5, 5.41) is 0.117. The molecule has 0 N–H and O–H groups in total. The quantitative estimate of drug-likeness (QED) is 0.761. The van der Waals surface area contributed by atoms with Crippen molar-refractivity contribution in [3.63, 3.8) is 0 Å². The van der Waals surface area contributed by atoms with Gasteiger partial charge in [-0.3, -0.25) is 0 Å². The minimum absolute atomic E-state index is 0.0338. The Morgan fingerprint density at radius 3 is 2.75 bits per heavy atom. The van der Waals surface area contributed by atoms with Gasteiger partial charge >= 0.3 is 0 Å². The molecule has 0 aliphatic heterocycles. The molecule has 0 aliphatic rings. The average Bonchev–Trinajstić information content (AvgIpc) is 2.36. The third-order valence-corrected chi connectivity index (χ3v) is 5.28. The fraction of sp³-hybridized carbons (Fsp3) is 0.154. The van der Waals surface area contributed by atoms with Gasteiger partial charge in [-0.05, 0) is 46.6 Å². The van der Waals surface area contributed by atoms with E-state index in [4.69, 9.17) is 11.6 Å². The molecule has 0 radical (unpaired) electrons. The lowest BCUT2D eigenvalue weighted by molar-refractivity contribution is 0.589. The molecule has 106 valence electrons. The molecule has 0 saturated carbocycles. The van der Waals surface area contributed by atoms with Crippen molar-refractivity contribution in [3.05, 3.63) is 57.0 Å². The van der Waals surface area contributed by atoms with Crippen LogP contribution in [-0.2, 0) is 15.6 Å². The van der Waals surface area contributed by atoms with Crippen LogP contribution in [0.25, 0.3) is 0 Å². The number of sulfone groups is 1. The van der Waals surface area contributed by atoms with E-state index in [9.17, 15) is 12.8 Å². The smallest absolute Gasteiger partial charge is 0.182 e. The van der Waals surface area contributed by atoms with Gasteiger partial charge in [-0.15, -0.1) is 0 Å². The summed E-state index contributed by atoms with van der Waals surface area (Å²) in [7, 11) is -3.69. The van der Waals surface area contributed by atoms with Gasteiger partial charge < -0.3 is 0 Å². The molecule has 0 bridgehead atoms. The Kier molecular flexibility index (Phi) is 4.46. The first kappa shape index (κ1) is 15.4. The van der Waals surface area contributed by atoms with Crippen molar-refractivity contribution in [2.24, 2.45) is 0 Å². The van der Waals surface area contributed by atoms with Crippen LogP contribution >= 0.6 is 27.5 Å². The number of aryl methyl sites for hydroxylation is 1. The van der Waals surface area contributed by atoms with Gasteiger partial charge in [0.05, 0.1) is 10.6 Å². The maximum atomic E-state index is 13.2. The Labute approximate surface area is 129 Å². The van der Waals surface area contributed by atoms with Gasteiger partial charge in [-0.1, -0.05) is 17.7 Å². The lowest BCUT2D eigenvalue weighted by Crippen LogP contribution is -2.08. The van der Waals surface area contributed by atoms with Crippen LogP contribution in [0, 0.1) is 12.7 Å². The van der Waals surface area contributed by atoms with Crippen LogP contribution in [0.3, 0.4) is 0 Å². The molecular formula is C13H10BrClFNO2S. The molecule has 20 heavy (non-hydrogen) atoms. The van der Waals surface area contributed by atoms with E-state index in [0.717, 1.165) is 6.07 Å². The van der Waals surface area contributed by atoms with Crippen molar-refractivity contribution in [3.8, 4) is 0 Å². The predicted molar refractivity (Wildman–Crippen MR) is 79.0 cm³/mol. The zero-order valence-corrected chi connectivity index (χ0v) is 13.6. The molecule has 2 rings (SSSR count). The summed E-state index contributed by atoms with van der Waals surface area (Å²) in [5.74, 6) is -0.921. The van der Waals surface area contributed by atoms with Crippen molar-refractivity contribution in [2.75, 3.05) is 0 Å². The van der Waals surface area contributed by atoms with Crippen molar-refractivity contribution in [1.29, 1.82) is 0 Å². The first-order chi connectivity index (χ1) is 9.29. The molecule has 0 spiro atoms. The van der Waals surface area contributed by atoms with Gasteiger partial charge in [0, 0.05) is 16.2 Å². The van der Waals surface area contributed by atoms with Crippen LogP contribution in [-0.4, -0.2) is 13.4 Å². The fourth-order valence-corrected chi connectivity index (χ4v) is 4.02. The Morgan fingerprint density at radius 1 is 1.35 bits per heavy atom. The van der Waals surface area contributed by atoms with Crippen molar-refractivity contribution < 1.29 is 12.8 Å². The highest BCUT2D eigenvalue weighted by molar-refractivity contribution is 9.10. The molecule has 0 aliphatic carbocycles. The third-order valence-electron chi connectivity index (χ3n) is 2.71. The van der Waals surface area contributed by atoms with Gasteiger partial charge in [0.1, 0.15) is 11.0 Å². The van der Waals surface area contributed by atoms with Crippen molar-refractivity contribution in [1.82, 2.24) is 4.98 Å². The molecule has 0 amide bonds. The number of pyridine rings is 1. The summed E-state index contributed by atoms with van der Waals surface area (Å²) < 4.78 is 38.6. The Hall–Kier alpha value is -0.980. The molecule has 0 atom stereocenters. The summed E-state index contributed by atoms with van der Waals surface area (Å²) in [5.41, 5.74) is 0.857. The van der Waals surface area contributed by atoms with Crippen LogP contribution in [0.1, 0.15) is 11.1 Å². The van der Waals surface area contributed by atoms with E-state index in [0.29, 0.717) is 15.6 Å². The number of benzene rings is 1. The monoisotopic (exact) mass is 377 g/mol. The maximum absolute atomic E-state index is 13.2. The van der Waals surface area contributed by atoms with E-state index >= 15 is 0 Å². The van der Waals surface area contributed by atoms with E-state index in [1.54, 1.807) is 13.0 Å². The zero-order chi connectivity index (χ0) is 14.9. The van der Waals surface area contributed by atoms with Gasteiger partial charge in [0.2, 0.25) is 0 Å². The second-order valence-electron chi connectivity index (χ2n) is 4.27. The Balaban J connectivity index is 2.46. The highest BCUT2D eigenvalue weighted by atomic mass is 79.9. The summed E-state index contributed by atoms with van der Waals surface area (Å²) in [6.45, 7) is 1.62. The summed E-state index contributed by atoms with van der Waals surface area (Å²) in [4.78, 5) is 3.84. The van der Waals surface area contributed by atoms with E-state index in [1.165, 1.54) is 18.3 Å². The molecule has 7 heteroatoms. The lowest BCUT2D eigenvalue weighted by Gasteiger charge is -2.09. The molecule has 0 fully saturated rings. The van der Waals surface area contributed by atoms with Crippen LogP contribution in [0.2, 0.25) is 5.15 Å². The Bertz CT molecular complexity index is 765. The average molecular weight is 379 g/mol. The largest absolute Gasteiger partial charge is 0.243 e. The standard InChI is InChI=1S/C13H10BrClFNO2S/c1-8-2-3-11(16)5-12(8)20(18,19)7-9-4-10(14)6-17-13(9)15/h2-6H,7H2,1H3. The van der Waals surface area contributed by atoms with E-state index in [1.807, 2.05) is 0 Å². The summed E-state index contributed by atoms with van der Waals surface area (Å²) in [6, 6.07) is 5.26. The highest BCUT2D eigenvalue weighted by Crippen LogP contribution is 2.25. The SMILES string of the molecule is Cc1ccc(F)cc1S(=O)(=O)Cc1cc(Br)cnc1Cl. The van der Waals surface area contributed by atoms with E-state index in [-0.39, 0.29) is 15.8 Å². The zero-order valence-electron chi connectivity index (χ0n) is 10.4. The normalized spacial score (nSPS) is 11.6. The minimum atomic E-state index is -3.69. The van der Waals surface area contributed by atoms with E-state index in [2.05, 4.69) is 20.9 Å². The first-order valence-electron chi connectivity index (χ1n) is 5.58. The van der Waals surface area contributed by atoms with Crippen LogP contribution in [0.4, 0.5) is 4.39 Å². The first-order valence-corrected chi connectivity index (χ1v) is 8.41. The highest BCUT2D eigenvalue weighted by Gasteiger charge is 2.20. The predicted octanol–water partition coefficient (Wildman–Crippen LogP) is 3.92. The molecule has 1 heterocycles. The number of nitrogens with zero attached hydrogens (tertiary/aromatic N) is 1. The fourth-order valence-electron chi connectivity index (χ4n) is 1.76. The van der Waals surface area contributed by atoms with E-state index < -0.39 is 15.7 Å². The number of halogens is 3. The number of hydrogen-bond acceptors (Lipinski definition) is 3. The van der Waals surface area contributed by atoms with Crippen LogP contribution < -0.4 is 0 Å². The topological polar surface area (TPSA) is 47.0 Å². The van der Waals surface area contributed by atoms with Gasteiger partial charge in [0.15, 0.2) is 9.84 Å². The van der Waals surface area contributed by atoms with Gasteiger partial charge in [0.25, 0.3) is 0 Å². The maximum Gasteiger partial charge on any atom is 0.182 e. The second kappa shape index (κ2) is 5.79. The summed E-state index contributed by atoms with van der Waals surface area (Å²) >= 11 is 9.10. The Morgan fingerprint density at radius 2 is 2.05 bits per heavy atom. The lowest BCUT2D eigenvalue weighted by atomic mass is 10.2. The summed E-state index contributed by atoms with van der Waals surface area (Å²) in [6.07, 6.45) is 1.48. The van der Waals surface area contributed by atoms with Crippen LogP contribution in [0.15, 0.2) is 39.8 Å². The molecule has 0 saturated heterocycles. The molecule has 1 aromatic heterocycles. The molecule has 2 aromatic rings. The minimum Gasteiger partial charge on any atom is -0.243 e. The third kappa shape index (κ3) is 3.37. The molecule has 1 aromatic carbocycles. The molecule has 0 unspecified atom stereocenters. The number of aromatic nitrogens is 1. The second-order valence-corrected chi connectivity index (χ2v) is 7.50. The number of hydrogen-bond donors (Lipinski definition) is 0.